The maximum Gasteiger partial charge on any atom is 0.114 e. The molecule has 0 aliphatic rings. The van der Waals surface area contributed by atoms with Crippen LogP contribution in [0.5, 0.6) is 0 Å². The second-order valence-corrected chi connectivity index (χ2v) is 7.14. The van der Waals surface area contributed by atoms with Crippen molar-refractivity contribution in [1.29, 1.82) is 0 Å². The summed E-state index contributed by atoms with van der Waals surface area (Å²) in [5.74, 6) is 0. The zero-order chi connectivity index (χ0) is 16.6. The highest BCUT2D eigenvalue weighted by Gasteiger charge is 2.22. The second-order valence-electron chi connectivity index (χ2n) is 6.02. The fraction of sp³-hybridized carbons (Fsp3) is 0.0476. The molecule has 1 atom stereocenters. The monoisotopic (exact) mass is 341 g/mol. The topological polar surface area (TPSA) is 30.7 Å². The Morgan fingerprint density at radius 3 is 2.44 bits per heavy atom. The minimum absolute atomic E-state index is 0.0194. The van der Waals surface area contributed by atoms with E-state index >= 15 is 0 Å². The molecule has 0 aliphatic heterocycles. The fourth-order valence-electron chi connectivity index (χ4n) is 3.28. The van der Waals surface area contributed by atoms with E-state index in [9.17, 15) is 0 Å². The van der Waals surface area contributed by atoms with Crippen LogP contribution in [0, 0.1) is 0 Å². The number of rotatable bonds is 3. The van der Waals surface area contributed by atoms with E-state index in [1.54, 1.807) is 0 Å². The van der Waals surface area contributed by atoms with Crippen LogP contribution in [0.3, 0.4) is 0 Å². The Bertz CT molecular complexity index is 1120. The number of hydrogen-bond acceptors (Lipinski definition) is 3. The Hall–Kier alpha value is -2.98. The Balaban J connectivity index is 1.77. The summed E-state index contributed by atoms with van der Waals surface area (Å²) in [6.45, 7) is 0. The van der Waals surface area contributed by atoms with Crippen molar-refractivity contribution in [2.75, 3.05) is 0 Å². The van der Waals surface area contributed by atoms with E-state index in [-0.39, 0.29) is 6.04 Å². The number of fused-ring (bicyclic) bond motifs is 2. The molecule has 0 N–H and O–H groups in total. The third-order valence-electron chi connectivity index (χ3n) is 4.45. The van der Waals surface area contributed by atoms with Crippen LogP contribution in [0.15, 0.2) is 84.9 Å². The quantitative estimate of drug-likeness (QED) is 0.447. The van der Waals surface area contributed by atoms with E-state index in [2.05, 4.69) is 71.0 Å². The van der Waals surface area contributed by atoms with Crippen molar-refractivity contribution < 1.29 is 0 Å². The maximum absolute atomic E-state index is 4.49. The van der Waals surface area contributed by atoms with Crippen molar-refractivity contribution in [3.63, 3.8) is 0 Å². The summed E-state index contributed by atoms with van der Waals surface area (Å²) < 4.78 is 3.33. The zero-order valence-corrected chi connectivity index (χ0v) is 14.2. The predicted molar refractivity (Wildman–Crippen MR) is 103 cm³/mol. The van der Waals surface area contributed by atoms with Crippen LogP contribution in [0.4, 0.5) is 0 Å². The van der Waals surface area contributed by atoms with Crippen LogP contribution in [0.25, 0.3) is 21.1 Å². The second kappa shape index (κ2) is 5.83. The number of aromatic nitrogens is 3. The number of thiophene rings is 1. The fourth-order valence-corrected chi connectivity index (χ4v) is 4.46. The lowest BCUT2D eigenvalue weighted by Crippen LogP contribution is -2.12. The SMILES string of the molecule is c1ccc(C(c2cc3ccccc3s2)n2nnc3ccccc32)cc1. The van der Waals surface area contributed by atoms with Gasteiger partial charge in [-0.2, -0.15) is 0 Å². The van der Waals surface area contributed by atoms with Crippen LogP contribution in [-0.4, -0.2) is 15.0 Å². The van der Waals surface area contributed by atoms with E-state index in [4.69, 9.17) is 0 Å². The molecule has 0 saturated carbocycles. The van der Waals surface area contributed by atoms with E-state index in [1.165, 1.54) is 20.5 Å². The van der Waals surface area contributed by atoms with Crippen molar-refractivity contribution in [3.05, 3.63) is 95.4 Å². The average molecular weight is 341 g/mol. The molecular formula is C21H15N3S. The molecule has 25 heavy (non-hydrogen) atoms. The van der Waals surface area contributed by atoms with Crippen LogP contribution < -0.4 is 0 Å². The average Bonchev–Trinajstić information content (AvgIpc) is 3.28. The molecule has 0 radical (unpaired) electrons. The van der Waals surface area contributed by atoms with Crippen molar-refractivity contribution >= 4 is 32.5 Å². The molecule has 4 heteroatoms. The molecule has 2 aromatic heterocycles. The van der Waals surface area contributed by atoms with Gasteiger partial charge in [-0.25, -0.2) is 4.68 Å². The molecule has 0 fully saturated rings. The normalized spacial score (nSPS) is 12.6. The van der Waals surface area contributed by atoms with Gasteiger partial charge in [-0.1, -0.05) is 65.9 Å². The van der Waals surface area contributed by atoms with Crippen molar-refractivity contribution in [3.8, 4) is 0 Å². The van der Waals surface area contributed by atoms with Crippen LogP contribution in [-0.2, 0) is 0 Å². The molecule has 0 aliphatic carbocycles. The number of hydrogen-bond donors (Lipinski definition) is 0. The molecule has 0 bridgehead atoms. The zero-order valence-electron chi connectivity index (χ0n) is 13.4. The van der Waals surface area contributed by atoms with Gasteiger partial charge in [-0.15, -0.1) is 16.4 Å². The van der Waals surface area contributed by atoms with Gasteiger partial charge in [0.05, 0.1) is 5.52 Å². The minimum atomic E-state index is 0.0194. The van der Waals surface area contributed by atoms with E-state index in [0.29, 0.717) is 0 Å². The molecule has 5 rings (SSSR count). The highest BCUT2D eigenvalue weighted by atomic mass is 32.1. The number of benzene rings is 3. The lowest BCUT2D eigenvalue weighted by molar-refractivity contribution is 0.596. The van der Waals surface area contributed by atoms with Gasteiger partial charge in [0.1, 0.15) is 11.6 Å². The Morgan fingerprint density at radius 1 is 0.800 bits per heavy atom. The predicted octanol–water partition coefficient (Wildman–Crippen LogP) is 5.28. The Labute approximate surface area is 149 Å². The number of para-hydroxylation sites is 1. The molecule has 5 aromatic rings. The van der Waals surface area contributed by atoms with Crippen molar-refractivity contribution in [2.45, 2.75) is 6.04 Å². The summed E-state index contributed by atoms with van der Waals surface area (Å²) in [5.41, 5.74) is 3.18. The first-order valence-electron chi connectivity index (χ1n) is 8.23. The third kappa shape index (κ3) is 2.42. The van der Waals surface area contributed by atoms with Crippen molar-refractivity contribution in [1.82, 2.24) is 15.0 Å². The van der Waals surface area contributed by atoms with Gasteiger partial charge < -0.3 is 0 Å². The maximum atomic E-state index is 4.49. The highest BCUT2D eigenvalue weighted by Crippen LogP contribution is 2.36. The number of nitrogens with zero attached hydrogens (tertiary/aromatic N) is 3. The smallest absolute Gasteiger partial charge is 0.114 e. The third-order valence-corrected chi connectivity index (χ3v) is 5.62. The summed E-state index contributed by atoms with van der Waals surface area (Å²) in [5, 5.41) is 10.1. The lowest BCUT2D eigenvalue weighted by atomic mass is 10.0. The molecule has 3 aromatic carbocycles. The summed E-state index contributed by atoms with van der Waals surface area (Å²) in [6, 6.07) is 29.4. The van der Waals surface area contributed by atoms with Gasteiger partial charge in [0.2, 0.25) is 0 Å². The van der Waals surface area contributed by atoms with Crippen LogP contribution in [0.1, 0.15) is 16.5 Å². The lowest BCUT2D eigenvalue weighted by Gasteiger charge is -2.17. The van der Waals surface area contributed by atoms with Gasteiger partial charge in [0.15, 0.2) is 0 Å². The first kappa shape index (κ1) is 14.4. The largest absolute Gasteiger partial charge is 0.232 e. The molecular weight excluding hydrogens is 326 g/mol. The first-order chi connectivity index (χ1) is 12.4. The van der Waals surface area contributed by atoms with Gasteiger partial charge >= 0.3 is 0 Å². The summed E-state index contributed by atoms with van der Waals surface area (Å²) in [4.78, 5) is 1.27. The summed E-state index contributed by atoms with van der Waals surface area (Å²) >= 11 is 1.82. The van der Waals surface area contributed by atoms with Gasteiger partial charge in [0, 0.05) is 9.58 Å². The standard InChI is InChI=1S/C21H15N3S/c1-2-8-15(9-3-1)21(20-14-16-10-4-7-13-19(16)25-20)24-18-12-6-5-11-17(18)22-23-24/h1-14,21H. The van der Waals surface area contributed by atoms with E-state index in [1.807, 2.05) is 40.3 Å². The Kier molecular flexibility index (Phi) is 3.35. The molecule has 0 amide bonds. The molecule has 0 spiro atoms. The van der Waals surface area contributed by atoms with Crippen LogP contribution >= 0.6 is 11.3 Å². The van der Waals surface area contributed by atoms with Crippen LogP contribution in [0.2, 0.25) is 0 Å². The molecule has 1 unspecified atom stereocenters. The highest BCUT2D eigenvalue weighted by molar-refractivity contribution is 7.19. The van der Waals surface area contributed by atoms with Gasteiger partial charge in [-0.3, -0.25) is 0 Å². The molecule has 3 nitrogen and oxygen atoms in total. The van der Waals surface area contributed by atoms with Crippen molar-refractivity contribution in [2.24, 2.45) is 0 Å². The summed E-state index contributed by atoms with van der Waals surface area (Å²) in [7, 11) is 0. The minimum Gasteiger partial charge on any atom is -0.232 e. The van der Waals surface area contributed by atoms with E-state index < -0.39 is 0 Å². The first-order valence-corrected chi connectivity index (χ1v) is 9.05. The summed E-state index contributed by atoms with van der Waals surface area (Å²) in [6.07, 6.45) is 0. The van der Waals surface area contributed by atoms with Gasteiger partial charge in [-0.05, 0) is 35.2 Å². The molecule has 0 saturated heterocycles. The van der Waals surface area contributed by atoms with Gasteiger partial charge in [0.25, 0.3) is 0 Å². The Morgan fingerprint density at radius 2 is 1.56 bits per heavy atom. The molecule has 120 valence electrons. The van der Waals surface area contributed by atoms with E-state index in [0.717, 1.165) is 11.0 Å². The molecule has 2 heterocycles.